The Morgan fingerprint density at radius 2 is 1.89 bits per heavy atom. The van der Waals surface area contributed by atoms with E-state index in [-0.39, 0.29) is 12.0 Å². The fourth-order valence-electron chi connectivity index (χ4n) is 2.96. The fourth-order valence-corrected chi connectivity index (χ4v) is 2.96. The Balaban J connectivity index is 2.31. The lowest BCUT2D eigenvalue weighted by Crippen LogP contribution is -2.37. The fraction of sp³-hybridized carbons (Fsp3) is 0.600. The van der Waals surface area contributed by atoms with Crippen molar-refractivity contribution in [3.8, 4) is 0 Å². The van der Waals surface area contributed by atoms with E-state index >= 15 is 0 Å². The number of hydrogen-bond acceptors (Lipinski definition) is 1. The van der Waals surface area contributed by atoms with Gasteiger partial charge in [0.2, 0.25) is 0 Å². The number of aryl methyl sites for hydroxylation is 1. The Morgan fingerprint density at radius 1 is 1.17 bits per heavy atom. The topological polar surface area (TPSA) is 12.0 Å². The molecule has 1 aromatic carbocycles. The van der Waals surface area contributed by atoms with Gasteiger partial charge in [-0.2, -0.15) is 0 Å². The third-order valence-electron chi connectivity index (χ3n) is 3.94. The summed E-state index contributed by atoms with van der Waals surface area (Å²) in [7, 11) is 0. The molecule has 0 aromatic heterocycles. The third kappa shape index (κ3) is 2.56. The summed E-state index contributed by atoms with van der Waals surface area (Å²) in [4.78, 5) is 0. The molecule has 2 rings (SSSR count). The highest BCUT2D eigenvalue weighted by molar-refractivity contribution is 5.29. The van der Waals surface area contributed by atoms with Gasteiger partial charge < -0.3 is 5.32 Å². The second-order valence-electron chi connectivity index (χ2n) is 5.15. The van der Waals surface area contributed by atoms with Crippen LogP contribution in [0.5, 0.6) is 0 Å². The quantitative estimate of drug-likeness (QED) is 0.861. The van der Waals surface area contributed by atoms with Gasteiger partial charge in [0.05, 0.1) is 0 Å². The lowest BCUT2D eigenvalue weighted by atomic mass is 9.79. The predicted molar refractivity (Wildman–Crippen MR) is 69.8 cm³/mol. The minimum atomic E-state index is -0.687. The average Bonchev–Trinajstić information content (AvgIpc) is 2.38. The van der Waals surface area contributed by atoms with Crippen molar-refractivity contribution < 1.29 is 8.78 Å². The number of likely N-dealkylation sites (N-methyl/N-ethyl adjacent to an activating group) is 1. The molecule has 3 heteroatoms. The van der Waals surface area contributed by atoms with Crippen molar-refractivity contribution in [2.75, 3.05) is 6.54 Å². The first-order chi connectivity index (χ1) is 8.65. The van der Waals surface area contributed by atoms with Crippen molar-refractivity contribution >= 4 is 0 Å². The lowest BCUT2D eigenvalue weighted by Gasteiger charge is -2.32. The van der Waals surface area contributed by atoms with Crippen LogP contribution in [0.1, 0.15) is 49.7 Å². The standard InChI is InChI=1S/C15H21F2N/c1-3-18-13-7-5-4-6-11(13)12-9-8-10(2)14(16)15(12)17/h8-9,11,13,18H,3-7H2,1-2H3. The van der Waals surface area contributed by atoms with Crippen molar-refractivity contribution in [3.63, 3.8) is 0 Å². The van der Waals surface area contributed by atoms with Gasteiger partial charge in [0.1, 0.15) is 0 Å². The largest absolute Gasteiger partial charge is 0.314 e. The minimum Gasteiger partial charge on any atom is -0.314 e. The minimum absolute atomic E-state index is 0.105. The van der Waals surface area contributed by atoms with Crippen LogP contribution >= 0.6 is 0 Å². The molecule has 1 nitrogen and oxygen atoms in total. The van der Waals surface area contributed by atoms with E-state index in [1.165, 1.54) is 6.42 Å². The second kappa shape index (κ2) is 5.79. The number of nitrogens with one attached hydrogen (secondary N) is 1. The highest BCUT2D eigenvalue weighted by atomic mass is 19.2. The highest BCUT2D eigenvalue weighted by Crippen LogP contribution is 2.35. The van der Waals surface area contributed by atoms with Crippen LogP contribution in [0, 0.1) is 18.6 Å². The molecule has 0 saturated heterocycles. The van der Waals surface area contributed by atoms with Gasteiger partial charge in [-0.1, -0.05) is 31.9 Å². The number of hydrogen-bond donors (Lipinski definition) is 1. The molecule has 0 aliphatic heterocycles. The molecular weight excluding hydrogens is 232 g/mol. The van der Waals surface area contributed by atoms with Crippen LogP contribution in [0.3, 0.4) is 0 Å². The first-order valence-corrected chi connectivity index (χ1v) is 6.83. The van der Waals surface area contributed by atoms with E-state index in [0.29, 0.717) is 11.1 Å². The van der Waals surface area contributed by atoms with Crippen LogP contribution in [-0.2, 0) is 0 Å². The van der Waals surface area contributed by atoms with Gasteiger partial charge in [0, 0.05) is 12.0 Å². The molecular formula is C15H21F2N. The van der Waals surface area contributed by atoms with Crippen molar-refractivity contribution in [2.45, 2.75) is 51.5 Å². The van der Waals surface area contributed by atoms with Gasteiger partial charge in [-0.15, -0.1) is 0 Å². The van der Waals surface area contributed by atoms with Crippen molar-refractivity contribution in [3.05, 3.63) is 34.9 Å². The van der Waals surface area contributed by atoms with Gasteiger partial charge in [-0.25, -0.2) is 8.78 Å². The van der Waals surface area contributed by atoms with E-state index < -0.39 is 11.6 Å². The van der Waals surface area contributed by atoms with Crippen molar-refractivity contribution in [2.24, 2.45) is 0 Å². The van der Waals surface area contributed by atoms with Crippen LogP contribution in [0.15, 0.2) is 12.1 Å². The Kier molecular flexibility index (Phi) is 4.33. The molecule has 1 aromatic rings. The summed E-state index contributed by atoms with van der Waals surface area (Å²) in [6, 6.07) is 3.72. The van der Waals surface area contributed by atoms with E-state index in [4.69, 9.17) is 0 Å². The number of rotatable bonds is 3. The van der Waals surface area contributed by atoms with Crippen molar-refractivity contribution in [1.82, 2.24) is 5.32 Å². The summed E-state index contributed by atoms with van der Waals surface area (Å²) >= 11 is 0. The molecule has 0 bridgehead atoms. The zero-order chi connectivity index (χ0) is 13.1. The third-order valence-corrected chi connectivity index (χ3v) is 3.94. The SMILES string of the molecule is CCNC1CCCCC1c1ccc(C)c(F)c1F. The van der Waals surface area contributed by atoms with Crippen molar-refractivity contribution in [1.29, 1.82) is 0 Å². The summed E-state index contributed by atoms with van der Waals surface area (Å²) in [6.45, 7) is 4.53. The van der Waals surface area contributed by atoms with Gasteiger partial charge in [0.25, 0.3) is 0 Å². The maximum Gasteiger partial charge on any atom is 0.162 e. The molecule has 0 heterocycles. The first-order valence-electron chi connectivity index (χ1n) is 6.83. The van der Waals surface area contributed by atoms with Crippen LogP contribution in [0.2, 0.25) is 0 Å². The Labute approximate surface area is 108 Å². The summed E-state index contributed by atoms with van der Waals surface area (Å²) < 4.78 is 27.7. The van der Waals surface area contributed by atoms with E-state index in [1.807, 2.05) is 0 Å². The summed E-state index contributed by atoms with van der Waals surface area (Å²) in [5.41, 5.74) is 0.927. The Hall–Kier alpha value is -0.960. The first kappa shape index (κ1) is 13.5. The van der Waals surface area contributed by atoms with Gasteiger partial charge >= 0.3 is 0 Å². The van der Waals surface area contributed by atoms with Gasteiger partial charge in [-0.05, 0) is 37.4 Å². The predicted octanol–water partition coefficient (Wildman–Crippen LogP) is 3.91. The molecule has 2 unspecified atom stereocenters. The lowest BCUT2D eigenvalue weighted by molar-refractivity contribution is 0.323. The highest BCUT2D eigenvalue weighted by Gasteiger charge is 2.29. The molecule has 0 spiro atoms. The molecule has 1 fully saturated rings. The summed E-state index contributed by atoms with van der Waals surface area (Å²) in [6.07, 6.45) is 4.26. The molecule has 2 atom stereocenters. The molecule has 1 N–H and O–H groups in total. The number of halogens is 2. The zero-order valence-electron chi connectivity index (χ0n) is 11.1. The Morgan fingerprint density at radius 3 is 2.61 bits per heavy atom. The second-order valence-corrected chi connectivity index (χ2v) is 5.15. The van der Waals surface area contributed by atoms with Crippen LogP contribution in [-0.4, -0.2) is 12.6 Å². The molecule has 100 valence electrons. The summed E-state index contributed by atoms with van der Waals surface area (Å²) in [5, 5.41) is 3.41. The van der Waals surface area contributed by atoms with E-state index in [0.717, 1.165) is 25.8 Å². The maximum atomic E-state index is 14.1. The normalized spacial score (nSPS) is 24.2. The average molecular weight is 253 g/mol. The summed E-state index contributed by atoms with van der Waals surface area (Å²) in [5.74, 6) is -1.23. The smallest absolute Gasteiger partial charge is 0.162 e. The van der Waals surface area contributed by atoms with Crippen LogP contribution in [0.4, 0.5) is 8.78 Å². The van der Waals surface area contributed by atoms with Crippen LogP contribution < -0.4 is 5.32 Å². The Bertz CT molecular complexity index is 415. The monoisotopic (exact) mass is 253 g/mol. The molecule has 1 aliphatic rings. The van der Waals surface area contributed by atoms with Gasteiger partial charge in [0.15, 0.2) is 11.6 Å². The van der Waals surface area contributed by atoms with Crippen LogP contribution in [0.25, 0.3) is 0 Å². The molecule has 18 heavy (non-hydrogen) atoms. The maximum absolute atomic E-state index is 14.1. The molecule has 0 radical (unpaired) electrons. The van der Waals surface area contributed by atoms with E-state index in [2.05, 4.69) is 12.2 Å². The number of benzene rings is 1. The molecule has 1 aliphatic carbocycles. The van der Waals surface area contributed by atoms with E-state index in [9.17, 15) is 8.78 Å². The van der Waals surface area contributed by atoms with Gasteiger partial charge in [-0.3, -0.25) is 0 Å². The molecule has 0 amide bonds. The molecule has 1 saturated carbocycles. The van der Waals surface area contributed by atoms with E-state index in [1.54, 1.807) is 19.1 Å². The zero-order valence-corrected chi connectivity index (χ0v) is 11.1.